The quantitative estimate of drug-likeness (QED) is 0.570. The average molecular weight is 425 g/mol. The monoisotopic (exact) mass is 425 g/mol. The van der Waals surface area contributed by atoms with E-state index >= 15 is 0 Å². The maximum absolute atomic E-state index is 13.0. The van der Waals surface area contributed by atoms with Crippen molar-refractivity contribution in [2.75, 3.05) is 26.7 Å². The predicted molar refractivity (Wildman–Crippen MR) is 104 cm³/mol. The van der Waals surface area contributed by atoms with E-state index in [0.29, 0.717) is 12.5 Å². The van der Waals surface area contributed by atoms with Crippen LogP contribution in [0, 0.1) is 5.92 Å². The molecule has 2 heterocycles. The van der Waals surface area contributed by atoms with E-state index in [1.807, 2.05) is 0 Å². The average Bonchev–Trinajstić information content (AvgIpc) is 3.19. The van der Waals surface area contributed by atoms with Crippen LogP contribution in [-0.4, -0.2) is 52.3 Å². The Labute approximate surface area is 171 Å². The van der Waals surface area contributed by atoms with E-state index in [1.54, 1.807) is 0 Å². The zero-order valence-corrected chi connectivity index (χ0v) is 16.5. The van der Waals surface area contributed by atoms with Crippen molar-refractivity contribution in [3.63, 3.8) is 0 Å². The summed E-state index contributed by atoms with van der Waals surface area (Å²) >= 11 is 0. The zero-order valence-electron chi connectivity index (χ0n) is 16.5. The summed E-state index contributed by atoms with van der Waals surface area (Å²) in [6, 6.07) is 2.90. The first-order valence-electron chi connectivity index (χ1n) is 9.58. The van der Waals surface area contributed by atoms with Crippen molar-refractivity contribution in [2.24, 2.45) is 5.92 Å². The van der Waals surface area contributed by atoms with E-state index in [1.165, 1.54) is 29.4 Å². The van der Waals surface area contributed by atoms with Gasteiger partial charge in [-0.25, -0.2) is 14.1 Å². The Kier molecular flexibility index (Phi) is 6.86. The fourth-order valence-electron chi connectivity index (χ4n) is 3.43. The Balaban J connectivity index is 1.64. The molecule has 1 fully saturated rings. The predicted octanol–water partition coefficient (Wildman–Crippen LogP) is 3.36. The van der Waals surface area contributed by atoms with Crippen molar-refractivity contribution < 1.29 is 22.4 Å². The van der Waals surface area contributed by atoms with Gasteiger partial charge in [0.2, 0.25) is 5.91 Å². The Bertz CT molecular complexity index is 909. The first-order valence-corrected chi connectivity index (χ1v) is 9.58. The van der Waals surface area contributed by atoms with Crippen LogP contribution in [0.2, 0.25) is 0 Å². The summed E-state index contributed by atoms with van der Waals surface area (Å²) < 4.78 is 53.2. The third kappa shape index (κ3) is 5.88. The Morgan fingerprint density at radius 2 is 2.13 bits per heavy atom. The molecule has 1 aliphatic rings. The molecule has 1 aliphatic heterocycles. The highest BCUT2D eigenvalue weighted by atomic mass is 19.4. The molecule has 2 aromatic rings. The van der Waals surface area contributed by atoms with E-state index in [9.17, 15) is 22.4 Å². The molecule has 1 amide bonds. The molecule has 1 unspecified atom stereocenters. The van der Waals surface area contributed by atoms with Crippen LogP contribution >= 0.6 is 0 Å². The fraction of sp³-hybridized carbons (Fsp3) is 0.450. The second-order valence-corrected chi connectivity index (χ2v) is 7.43. The molecule has 6 nitrogen and oxygen atoms in total. The van der Waals surface area contributed by atoms with Crippen molar-refractivity contribution in [1.29, 1.82) is 0 Å². The number of amides is 1. The summed E-state index contributed by atoms with van der Waals surface area (Å²) in [5.41, 5.74) is -1.03. The topological polar surface area (TPSA) is 63.1 Å². The van der Waals surface area contributed by atoms with Crippen LogP contribution in [0.5, 0.6) is 0 Å². The number of carbonyl (C=O) groups is 1. The number of alkyl halides is 4. The highest BCUT2D eigenvalue weighted by molar-refractivity contribution is 5.90. The lowest BCUT2D eigenvalue weighted by molar-refractivity contribution is -0.137. The zero-order chi connectivity index (χ0) is 21.7. The fourth-order valence-corrected chi connectivity index (χ4v) is 3.43. The van der Waals surface area contributed by atoms with Gasteiger partial charge in [0.25, 0.3) is 0 Å². The maximum atomic E-state index is 13.0. The van der Waals surface area contributed by atoms with Crippen LogP contribution in [0.15, 0.2) is 30.6 Å². The number of carbonyl (C=O) groups excluding carboxylic acids is 1. The number of hydrogen-bond donors (Lipinski definition) is 1. The summed E-state index contributed by atoms with van der Waals surface area (Å²) in [5.74, 6) is 0.120. The second kappa shape index (κ2) is 9.38. The van der Waals surface area contributed by atoms with E-state index in [2.05, 4.69) is 27.3 Å². The molecule has 10 heteroatoms. The largest absolute Gasteiger partial charge is 0.416 e. The van der Waals surface area contributed by atoms with Crippen LogP contribution in [0.1, 0.15) is 24.0 Å². The molecule has 3 rings (SSSR count). The molecular formula is C20H23F4N5O. The number of piperidine rings is 1. The third-order valence-electron chi connectivity index (χ3n) is 4.91. The lowest BCUT2D eigenvalue weighted by Crippen LogP contribution is -2.38. The molecule has 0 radical (unpaired) electrons. The molecule has 0 saturated carbocycles. The van der Waals surface area contributed by atoms with Crippen molar-refractivity contribution in [2.45, 2.75) is 25.7 Å². The summed E-state index contributed by atoms with van der Waals surface area (Å²) in [6.07, 6.45) is 1.48. The van der Waals surface area contributed by atoms with Gasteiger partial charge in [0.05, 0.1) is 5.56 Å². The number of aromatic nitrogens is 3. The number of likely N-dealkylation sites (tertiary alicyclic amines) is 1. The molecular weight excluding hydrogens is 402 g/mol. The normalized spacial score (nSPS) is 18.1. The lowest BCUT2D eigenvalue weighted by atomic mass is 9.98. The van der Waals surface area contributed by atoms with Gasteiger partial charge in [0.15, 0.2) is 5.82 Å². The van der Waals surface area contributed by atoms with Crippen LogP contribution in [-0.2, 0) is 17.6 Å². The first kappa shape index (κ1) is 21.9. The molecule has 0 aliphatic carbocycles. The molecule has 0 bridgehead atoms. The van der Waals surface area contributed by atoms with Crippen LogP contribution in [0.3, 0.4) is 0 Å². The molecule has 0 spiro atoms. The number of rotatable bonds is 6. The number of halogens is 4. The van der Waals surface area contributed by atoms with Gasteiger partial charge in [-0.3, -0.25) is 4.79 Å². The van der Waals surface area contributed by atoms with E-state index in [0.717, 1.165) is 38.1 Å². The Morgan fingerprint density at radius 1 is 1.33 bits per heavy atom. The minimum Gasteiger partial charge on any atom is -0.352 e. The number of nitrogens with zero attached hydrogens (tertiary/aromatic N) is 4. The molecule has 1 atom stereocenters. The number of benzene rings is 1. The van der Waals surface area contributed by atoms with Gasteiger partial charge in [-0.1, -0.05) is 0 Å². The van der Waals surface area contributed by atoms with E-state index in [4.69, 9.17) is 0 Å². The van der Waals surface area contributed by atoms with Gasteiger partial charge in [-0.15, -0.1) is 5.10 Å². The van der Waals surface area contributed by atoms with Crippen molar-refractivity contribution in [3.05, 3.63) is 41.7 Å². The molecule has 1 aromatic carbocycles. The maximum Gasteiger partial charge on any atom is 0.416 e. The SMILES string of the molecule is CN1CCCC(CNC(=O)/C=C\n2cnc(-c3cc(CF)cc(C(F)(F)F)c3)n2)C1. The van der Waals surface area contributed by atoms with Crippen molar-refractivity contribution in [3.8, 4) is 11.4 Å². The number of nitrogens with one attached hydrogen (secondary N) is 1. The number of hydrogen-bond acceptors (Lipinski definition) is 4. The van der Waals surface area contributed by atoms with E-state index in [-0.39, 0.29) is 22.9 Å². The summed E-state index contributed by atoms with van der Waals surface area (Å²) in [6.45, 7) is 1.55. The molecule has 1 N–H and O–H groups in total. The standard InChI is InChI=1S/C20H23F4N5O/c1-28-5-2-3-14(12-28)11-25-18(30)4-6-29-13-26-19(27-29)16-7-15(10-21)8-17(9-16)20(22,23)24/h4,6-9,13-14H,2-3,5,10-12H2,1H3,(H,25,30)/b6-4-. The summed E-state index contributed by atoms with van der Waals surface area (Å²) in [7, 11) is 2.05. The van der Waals surface area contributed by atoms with E-state index < -0.39 is 18.4 Å². The van der Waals surface area contributed by atoms with Gasteiger partial charge in [-0.05, 0) is 56.1 Å². The molecule has 162 valence electrons. The first-order chi connectivity index (χ1) is 14.2. The minimum absolute atomic E-state index is 0.00565. The lowest BCUT2D eigenvalue weighted by Gasteiger charge is -2.29. The van der Waals surface area contributed by atoms with Gasteiger partial charge in [0, 0.05) is 30.9 Å². The Hall–Kier alpha value is -2.75. The molecule has 1 saturated heterocycles. The van der Waals surface area contributed by atoms with Gasteiger partial charge >= 0.3 is 6.18 Å². The van der Waals surface area contributed by atoms with Gasteiger partial charge < -0.3 is 10.2 Å². The van der Waals surface area contributed by atoms with Crippen LogP contribution < -0.4 is 5.32 Å². The van der Waals surface area contributed by atoms with Crippen LogP contribution in [0.25, 0.3) is 17.6 Å². The Morgan fingerprint density at radius 3 is 2.83 bits per heavy atom. The van der Waals surface area contributed by atoms with Gasteiger partial charge in [0.1, 0.15) is 13.0 Å². The van der Waals surface area contributed by atoms with Crippen molar-refractivity contribution in [1.82, 2.24) is 25.0 Å². The van der Waals surface area contributed by atoms with Crippen LogP contribution in [0.4, 0.5) is 17.6 Å². The highest BCUT2D eigenvalue weighted by Gasteiger charge is 2.31. The second-order valence-electron chi connectivity index (χ2n) is 7.43. The highest BCUT2D eigenvalue weighted by Crippen LogP contribution is 2.33. The third-order valence-corrected chi connectivity index (χ3v) is 4.91. The van der Waals surface area contributed by atoms with Gasteiger partial charge in [-0.2, -0.15) is 13.2 Å². The van der Waals surface area contributed by atoms with Crippen molar-refractivity contribution >= 4 is 12.1 Å². The minimum atomic E-state index is -4.60. The summed E-state index contributed by atoms with van der Waals surface area (Å²) in [4.78, 5) is 18.2. The smallest absolute Gasteiger partial charge is 0.352 e. The molecule has 1 aromatic heterocycles. The summed E-state index contributed by atoms with van der Waals surface area (Å²) in [5, 5.41) is 6.89. The molecule has 30 heavy (non-hydrogen) atoms.